The summed E-state index contributed by atoms with van der Waals surface area (Å²) in [5.41, 5.74) is 14.1. The van der Waals surface area contributed by atoms with Gasteiger partial charge < -0.3 is 8.85 Å². The molecule has 0 spiro atoms. The molecule has 5 heteroatoms. The van der Waals surface area contributed by atoms with Gasteiger partial charge in [-0.1, -0.05) is 126 Å². The van der Waals surface area contributed by atoms with Gasteiger partial charge in [0.05, 0.1) is 0 Å². The van der Waals surface area contributed by atoms with Gasteiger partial charge in [-0.05, 0) is 117 Å². The van der Waals surface area contributed by atoms with E-state index in [1.165, 1.54) is 73.8 Å². The predicted octanol–water partition coefficient (Wildman–Crippen LogP) is 12.1. The normalized spacial score (nSPS) is 13.5. The van der Waals surface area contributed by atoms with Crippen LogP contribution < -0.4 is 0 Å². The van der Waals surface area contributed by atoms with Gasteiger partial charge in [0, 0.05) is 32.8 Å². The second kappa shape index (κ2) is 16.0. The predicted molar refractivity (Wildman–Crippen MR) is 205 cm³/mol. The first-order valence-electron chi connectivity index (χ1n) is 18.5. The van der Waals surface area contributed by atoms with E-state index in [1.807, 2.05) is 0 Å². The maximum atomic E-state index is 7.14. The Balaban J connectivity index is 0.00000451. The molecule has 0 amide bonds. The number of hydrogen-bond donors (Lipinski definition) is 0. The van der Waals surface area contributed by atoms with E-state index >= 15 is 0 Å². The van der Waals surface area contributed by atoms with Gasteiger partial charge >= 0.3 is 0 Å². The van der Waals surface area contributed by atoms with Gasteiger partial charge in [0.25, 0.3) is 0 Å². The summed E-state index contributed by atoms with van der Waals surface area (Å²) in [6, 6.07) is 39.3. The van der Waals surface area contributed by atoms with Crippen LogP contribution in [0.5, 0.6) is 0 Å². The van der Waals surface area contributed by atoms with Gasteiger partial charge in [-0.3, -0.25) is 0 Å². The molecule has 0 saturated carbocycles. The van der Waals surface area contributed by atoms with Crippen LogP contribution in [0.4, 0.5) is 0 Å². The Morgan fingerprint density at radius 2 is 1.00 bits per heavy atom. The molecule has 6 rings (SSSR count). The van der Waals surface area contributed by atoms with Gasteiger partial charge in [0.15, 0.2) is 16.6 Å². The Bertz CT molecular complexity index is 1550. The van der Waals surface area contributed by atoms with Gasteiger partial charge in [0.2, 0.25) is 0 Å². The standard InChI is InChI=1S/C43H55O2Si2.Zr/c1-7-46(8-2,9-3)44-29-27-43(28-30-45-47(10-4,11-5)12-6,41-25-17-23-37-35-21-15-13-19-33(35)31-39(37)41)42-26-18-24-38-36-22-16-14-20-34(36)32-40(38)42;/h13-26,29H,7-12,27-28,30-32H2,1-6H3;/q-1;. The summed E-state index contributed by atoms with van der Waals surface area (Å²) in [6.45, 7) is 17.1. The largest absolute Gasteiger partial charge is 0.592 e. The Kier molecular flexibility index (Phi) is 12.4. The molecule has 4 aromatic carbocycles. The summed E-state index contributed by atoms with van der Waals surface area (Å²) < 4.78 is 14.2. The quantitative estimate of drug-likeness (QED) is 0.0724. The molecule has 48 heavy (non-hydrogen) atoms. The van der Waals surface area contributed by atoms with Crippen LogP contribution >= 0.6 is 0 Å². The zero-order chi connectivity index (χ0) is 33.1. The van der Waals surface area contributed by atoms with Crippen molar-refractivity contribution in [3.8, 4) is 22.3 Å². The van der Waals surface area contributed by atoms with Crippen LogP contribution in [-0.4, -0.2) is 23.2 Å². The fraction of sp³-hybridized carbons (Fsp3) is 0.419. The van der Waals surface area contributed by atoms with Crippen molar-refractivity contribution in [1.29, 1.82) is 0 Å². The van der Waals surface area contributed by atoms with E-state index in [1.54, 1.807) is 0 Å². The molecule has 0 saturated heterocycles. The van der Waals surface area contributed by atoms with E-state index in [9.17, 15) is 0 Å². The molecule has 0 N–H and O–H groups in total. The van der Waals surface area contributed by atoms with Crippen LogP contribution in [0.3, 0.4) is 0 Å². The molecule has 2 aliphatic carbocycles. The minimum absolute atomic E-state index is 0. The maximum absolute atomic E-state index is 7.14. The van der Waals surface area contributed by atoms with E-state index in [2.05, 4.69) is 133 Å². The third kappa shape index (κ3) is 6.76. The van der Waals surface area contributed by atoms with Crippen molar-refractivity contribution in [1.82, 2.24) is 0 Å². The number of rotatable bonds is 16. The minimum atomic E-state index is -1.82. The SMILES string of the molecule is CC[Si](CC)(CC)O[CH-]CC(CCO[Si](CC)(CC)CC)(c1cccc2c1Cc1ccccc1-2)c1cccc2c1Cc1ccccc1-2.[Zr]. The van der Waals surface area contributed by atoms with E-state index in [-0.39, 0.29) is 31.6 Å². The zero-order valence-electron chi connectivity index (χ0n) is 30.3. The molecule has 2 nitrogen and oxygen atoms in total. The molecule has 0 atom stereocenters. The van der Waals surface area contributed by atoms with Gasteiger partial charge in [-0.2, -0.15) is 0 Å². The van der Waals surface area contributed by atoms with Crippen LogP contribution in [0.15, 0.2) is 84.9 Å². The van der Waals surface area contributed by atoms with Crippen molar-refractivity contribution in [3.63, 3.8) is 0 Å². The molecule has 4 aromatic rings. The van der Waals surface area contributed by atoms with Crippen LogP contribution in [0.1, 0.15) is 87.8 Å². The first kappa shape index (κ1) is 37.4. The number of fused-ring (bicyclic) bond motifs is 6. The van der Waals surface area contributed by atoms with E-state index in [4.69, 9.17) is 8.85 Å². The van der Waals surface area contributed by atoms with E-state index in [0.717, 1.165) is 50.4 Å². The molecule has 0 heterocycles. The fourth-order valence-electron chi connectivity index (χ4n) is 8.81. The van der Waals surface area contributed by atoms with Crippen molar-refractivity contribution in [2.24, 2.45) is 0 Å². The summed E-state index contributed by atoms with van der Waals surface area (Å²) in [5.74, 6) is 0. The first-order valence-corrected chi connectivity index (χ1v) is 23.5. The topological polar surface area (TPSA) is 18.5 Å². The Morgan fingerprint density at radius 1 is 0.562 bits per heavy atom. The molecule has 0 fully saturated rings. The molecule has 0 aliphatic heterocycles. The molecular formula is C43H55O2Si2Zr-. The molecule has 0 unspecified atom stereocenters. The van der Waals surface area contributed by atoms with Crippen molar-refractivity contribution in [2.75, 3.05) is 6.61 Å². The van der Waals surface area contributed by atoms with Crippen molar-refractivity contribution < 1.29 is 35.1 Å². The second-order valence-electron chi connectivity index (χ2n) is 14.0. The third-order valence-electron chi connectivity index (χ3n) is 12.3. The number of hydrogen-bond acceptors (Lipinski definition) is 2. The monoisotopic (exact) mass is 749 g/mol. The molecule has 2 aliphatic rings. The van der Waals surface area contributed by atoms with Gasteiger partial charge in [-0.25, -0.2) is 6.61 Å². The Hall–Kier alpha value is -1.88. The minimum Gasteiger partial charge on any atom is -0.592 e. The van der Waals surface area contributed by atoms with Gasteiger partial charge in [-0.15, -0.1) is 6.42 Å². The van der Waals surface area contributed by atoms with Crippen LogP contribution in [-0.2, 0) is 53.3 Å². The van der Waals surface area contributed by atoms with Crippen LogP contribution in [0, 0.1) is 6.61 Å². The molecular weight excluding hydrogens is 696 g/mol. The van der Waals surface area contributed by atoms with Crippen molar-refractivity contribution in [3.05, 3.63) is 125 Å². The first-order chi connectivity index (χ1) is 22.9. The van der Waals surface area contributed by atoms with Crippen LogP contribution in [0.2, 0.25) is 36.3 Å². The maximum Gasteiger partial charge on any atom is 0.191 e. The second-order valence-corrected chi connectivity index (χ2v) is 23.5. The summed E-state index contributed by atoms with van der Waals surface area (Å²) >= 11 is 0. The average Bonchev–Trinajstić information content (AvgIpc) is 3.70. The molecule has 0 radical (unpaired) electrons. The Labute approximate surface area is 312 Å². The average molecular weight is 751 g/mol. The van der Waals surface area contributed by atoms with Crippen LogP contribution in [0.25, 0.3) is 22.3 Å². The number of benzene rings is 4. The smallest absolute Gasteiger partial charge is 0.191 e. The van der Waals surface area contributed by atoms with E-state index < -0.39 is 16.6 Å². The van der Waals surface area contributed by atoms with Gasteiger partial charge in [0.1, 0.15) is 0 Å². The van der Waals surface area contributed by atoms with E-state index in [0.29, 0.717) is 0 Å². The summed E-state index contributed by atoms with van der Waals surface area (Å²) in [7, 11) is -3.60. The zero-order valence-corrected chi connectivity index (χ0v) is 34.7. The molecule has 252 valence electrons. The summed E-state index contributed by atoms with van der Waals surface area (Å²) in [6.07, 6.45) is 3.76. The Morgan fingerprint density at radius 3 is 1.46 bits per heavy atom. The third-order valence-corrected chi connectivity index (χ3v) is 21.5. The molecule has 0 bridgehead atoms. The fourth-order valence-corrected chi connectivity index (χ4v) is 13.9. The van der Waals surface area contributed by atoms with Crippen molar-refractivity contribution >= 4 is 16.6 Å². The molecule has 0 aromatic heterocycles. The van der Waals surface area contributed by atoms with Crippen molar-refractivity contribution in [2.45, 2.75) is 109 Å². The summed E-state index contributed by atoms with van der Waals surface area (Å²) in [4.78, 5) is 0. The summed E-state index contributed by atoms with van der Waals surface area (Å²) in [5, 5.41) is 0.